The highest BCUT2D eigenvalue weighted by molar-refractivity contribution is 5.80. The van der Waals surface area contributed by atoms with Crippen molar-refractivity contribution in [2.24, 2.45) is 0 Å². The molecule has 0 aliphatic heterocycles. The van der Waals surface area contributed by atoms with E-state index in [9.17, 15) is 0 Å². The molecule has 0 radical (unpaired) electrons. The molecule has 5 aromatic rings. The number of anilines is 2. The minimum atomic E-state index is 0.531. The zero-order chi connectivity index (χ0) is 18.1. The zero-order valence-electron chi connectivity index (χ0n) is 14.3. The molecule has 0 amide bonds. The minimum absolute atomic E-state index is 0.531. The van der Waals surface area contributed by atoms with E-state index < -0.39 is 0 Å². The van der Waals surface area contributed by atoms with Crippen LogP contribution in [0.4, 0.5) is 11.6 Å². The van der Waals surface area contributed by atoms with Gasteiger partial charge in [-0.3, -0.25) is 0 Å². The van der Waals surface area contributed by atoms with Crippen LogP contribution in [0.5, 0.6) is 0 Å². The van der Waals surface area contributed by atoms with E-state index >= 15 is 0 Å². The molecule has 0 unspecified atom stereocenters. The van der Waals surface area contributed by atoms with Crippen molar-refractivity contribution >= 4 is 22.7 Å². The molecule has 0 spiro atoms. The summed E-state index contributed by atoms with van der Waals surface area (Å²) in [4.78, 5) is 16.8. The number of imidazole rings is 1. The second kappa shape index (κ2) is 6.42. The van der Waals surface area contributed by atoms with Crippen molar-refractivity contribution in [2.75, 3.05) is 5.32 Å². The van der Waals surface area contributed by atoms with E-state index in [0.29, 0.717) is 5.95 Å². The smallest absolute Gasteiger partial charge is 0.227 e. The van der Waals surface area contributed by atoms with Gasteiger partial charge in [0.15, 0.2) is 0 Å². The van der Waals surface area contributed by atoms with E-state index in [1.54, 1.807) is 24.9 Å². The first-order valence-electron chi connectivity index (χ1n) is 8.52. The number of furan rings is 1. The van der Waals surface area contributed by atoms with Crippen LogP contribution in [0.2, 0.25) is 0 Å². The third kappa shape index (κ3) is 3.04. The van der Waals surface area contributed by atoms with Crippen LogP contribution in [0.3, 0.4) is 0 Å². The summed E-state index contributed by atoms with van der Waals surface area (Å²) in [6, 6.07) is 17.8. The van der Waals surface area contributed by atoms with E-state index in [1.165, 1.54) is 0 Å². The van der Waals surface area contributed by atoms with Crippen molar-refractivity contribution in [3.8, 4) is 22.5 Å². The van der Waals surface area contributed by atoms with E-state index in [0.717, 1.165) is 39.2 Å². The summed E-state index contributed by atoms with van der Waals surface area (Å²) in [6.45, 7) is 0. The number of aromatic amines is 1. The summed E-state index contributed by atoms with van der Waals surface area (Å²) < 4.78 is 5.09. The molecule has 0 aliphatic carbocycles. The molecule has 6 nitrogen and oxygen atoms in total. The average molecular weight is 353 g/mol. The van der Waals surface area contributed by atoms with E-state index in [1.807, 2.05) is 54.6 Å². The Balaban J connectivity index is 1.40. The van der Waals surface area contributed by atoms with Gasteiger partial charge in [-0.05, 0) is 30.3 Å². The van der Waals surface area contributed by atoms with Crippen LogP contribution in [-0.4, -0.2) is 19.9 Å². The highest BCUT2D eigenvalue weighted by atomic mass is 16.3. The van der Waals surface area contributed by atoms with Crippen molar-refractivity contribution in [3.05, 3.63) is 79.5 Å². The fourth-order valence-corrected chi connectivity index (χ4v) is 2.93. The molecule has 0 bridgehead atoms. The monoisotopic (exact) mass is 353 g/mol. The number of benzene rings is 2. The summed E-state index contributed by atoms with van der Waals surface area (Å²) in [5.41, 5.74) is 5.71. The molecule has 0 fully saturated rings. The van der Waals surface area contributed by atoms with Crippen molar-refractivity contribution in [1.29, 1.82) is 0 Å². The molecule has 3 aromatic heterocycles. The van der Waals surface area contributed by atoms with Crippen LogP contribution in [0.1, 0.15) is 0 Å². The summed E-state index contributed by atoms with van der Waals surface area (Å²) in [6.07, 6.45) is 6.83. The van der Waals surface area contributed by atoms with Gasteiger partial charge >= 0.3 is 0 Å². The van der Waals surface area contributed by atoms with Gasteiger partial charge in [-0.2, -0.15) is 0 Å². The fourth-order valence-electron chi connectivity index (χ4n) is 2.93. The van der Waals surface area contributed by atoms with Crippen molar-refractivity contribution in [3.63, 3.8) is 0 Å². The average Bonchev–Trinajstić information content (AvgIpc) is 3.39. The molecule has 6 heteroatoms. The zero-order valence-corrected chi connectivity index (χ0v) is 14.3. The lowest BCUT2D eigenvalue weighted by atomic mass is 10.2. The maximum absolute atomic E-state index is 5.09. The first-order valence-corrected chi connectivity index (χ1v) is 8.52. The number of H-pyrrole nitrogens is 1. The van der Waals surface area contributed by atoms with Gasteiger partial charge in [-0.15, -0.1) is 0 Å². The first kappa shape index (κ1) is 15.3. The number of hydrogen-bond acceptors (Lipinski definition) is 5. The molecule has 3 heterocycles. The largest absolute Gasteiger partial charge is 0.472 e. The fraction of sp³-hybridized carbons (Fsp3) is 0. The number of nitrogens with zero attached hydrogens (tertiary/aromatic N) is 3. The van der Waals surface area contributed by atoms with Gasteiger partial charge in [-0.25, -0.2) is 15.0 Å². The lowest BCUT2D eigenvalue weighted by Gasteiger charge is -2.06. The van der Waals surface area contributed by atoms with Crippen molar-refractivity contribution in [2.45, 2.75) is 0 Å². The Morgan fingerprint density at radius 3 is 2.56 bits per heavy atom. The number of para-hydroxylation sites is 2. The highest BCUT2D eigenvalue weighted by Crippen LogP contribution is 2.24. The summed E-state index contributed by atoms with van der Waals surface area (Å²) >= 11 is 0. The summed E-state index contributed by atoms with van der Waals surface area (Å²) in [5, 5.41) is 3.23. The number of fused-ring (bicyclic) bond motifs is 1. The number of aromatic nitrogens is 4. The van der Waals surface area contributed by atoms with Gasteiger partial charge < -0.3 is 14.7 Å². The van der Waals surface area contributed by atoms with Gasteiger partial charge in [0, 0.05) is 34.8 Å². The molecule has 2 N–H and O–H groups in total. The first-order chi connectivity index (χ1) is 13.3. The number of hydrogen-bond donors (Lipinski definition) is 2. The third-order valence-corrected chi connectivity index (χ3v) is 4.29. The molecular weight excluding hydrogens is 338 g/mol. The highest BCUT2D eigenvalue weighted by Gasteiger charge is 2.07. The Bertz CT molecular complexity index is 1160. The van der Waals surface area contributed by atoms with Gasteiger partial charge in [0.25, 0.3) is 0 Å². The molecule has 2 aromatic carbocycles. The van der Waals surface area contributed by atoms with Crippen molar-refractivity contribution < 1.29 is 4.42 Å². The molecule has 0 atom stereocenters. The van der Waals surface area contributed by atoms with Crippen molar-refractivity contribution in [1.82, 2.24) is 19.9 Å². The molecular formula is C21H15N5O. The predicted molar refractivity (Wildman–Crippen MR) is 105 cm³/mol. The van der Waals surface area contributed by atoms with Crippen LogP contribution in [0.15, 0.2) is 83.9 Å². The van der Waals surface area contributed by atoms with Gasteiger partial charge in [-0.1, -0.05) is 24.3 Å². The maximum Gasteiger partial charge on any atom is 0.227 e. The quantitative estimate of drug-likeness (QED) is 0.474. The van der Waals surface area contributed by atoms with Gasteiger partial charge in [0.05, 0.1) is 23.6 Å². The Hall–Kier alpha value is -3.93. The van der Waals surface area contributed by atoms with E-state index in [2.05, 4.69) is 25.3 Å². The normalized spacial score (nSPS) is 11.0. The lowest BCUT2D eigenvalue weighted by Crippen LogP contribution is -1.97. The second-order valence-electron chi connectivity index (χ2n) is 6.12. The molecule has 0 aliphatic rings. The molecule has 130 valence electrons. The predicted octanol–water partition coefficient (Wildman–Crippen LogP) is 5.02. The van der Waals surface area contributed by atoms with Crippen LogP contribution in [0, 0.1) is 0 Å². The van der Waals surface area contributed by atoms with E-state index in [4.69, 9.17) is 4.42 Å². The van der Waals surface area contributed by atoms with Gasteiger partial charge in [0.1, 0.15) is 5.82 Å². The standard InChI is InChI=1S/C21H15N5O/c1-2-7-19-18(6-1)25-20(26-19)14-4-3-5-17(10-14)24-21-22-11-16(12-23-21)15-8-9-27-13-15/h1-13H,(H,25,26)(H,22,23,24). The number of rotatable bonds is 4. The van der Waals surface area contributed by atoms with Crippen LogP contribution < -0.4 is 5.32 Å². The van der Waals surface area contributed by atoms with Crippen LogP contribution in [-0.2, 0) is 0 Å². The molecule has 0 saturated carbocycles. The Labute approximate surface area is 154 Å². The summed E-state index contributed by atoms with van der Waals surface area (Å²) in [5.74, 6) is 1.36. The lowest BCUT2D eigenvalue weighted by molar-refractivity contribution is 0.568. The minimum Gasteiger partial charge on any atom is -0.472 e. The maximum atomic E-state index is 5.09. The third-order valence-electron chi connectivity index (χ3n) is 4.29. The number of nitrogens with one attached hydrogen (secondary N) is 2. The van der Waals surface area contributed by atoms with Crippen LogP contribution >= 0.6 is 0 Å². The summed E-state index contributed by atoms with van der Waals surface area (Å²) in [7, 11) is 0. The Morgan fingerprint density at radius 1 is 0.852 bits per heavy atom. The second-order valence-corrected chi connectivity index (χ2v) is 6.12. The molecule has 5 rings (SSSR count). The van der Waals surface area contributed by atoms with Crippen LogP contribution in [0.25, 0.3) is 33.5 Å². The van der Waals surface area contributed by atoms with E-state index in [-0.39, 0.29) is 0 Å². The Kier molecular flexibility index (Phi) is 3.65. The molecule has 27 heavy (non-hydrogen) atoms. The SMILES string of the molecule is c1cc(Nc2ncc(-c3ccoc3)cn2)cc(-c2nc3ccccc3[nH]2)c1. The Morgan fingerprint density at radius 2 is 1.74 bits per heavy atom. The van der Waals surface area contributed by atoms with Gasteiger partial charge in [0.2, 0.25) is 5.95 Å². The molecule has 0 saturated heterocycles. The topological polar surface area (TPSA) is 79.6 Å².